The van der Waals surface area contributed by atoms with Crippen LogP contribution in [0.15, 0.2) is 24.4 Å². The number of halogens is 1. The molecule has 11 heteroatoms. The zero-order valence-corrected chi connectivity index (χ0v) is 30.4. The molecule has 10 nitrogen and oxygen atoms in total. The SMILES string of the molecule is [C-]#[N+]c1ccc(OC2C(C)(C)C(N3Cc4nc(C#CC5CCC(N6CCN(C(=O)OC(C)(C)C)CC6)CC5)cnc4C3=O)C2(C)C)cc1Cl. The molecular formula is C38H47ClN6O4. The van der Waals surface area contributed by atoms with Gasteiger partial charge in [-0.25, -0.2) is 19.6 Å². The number of piperazine rings is 1. The average molecular weight is 687 g/mol. The highest BCUT2D eigenvalue weighted by molar-refractivity contribution is 6.33. The molecule has 3 heterocycles. The minimum Gasteiger partial charge on any atom is -0.489 e. The van der Waals surface area contributed by atoms with Gasteiger partial charge in [0, 0.05) is 55.0 Å². The Morgan fingerprint density at radius 3 is 2.35 bits per heavy atom. The number of rotatable bonds is 4. The van der Waals surface area contributed by atoms with Crippen LogP contribution in [0.3, 0.4) is 0 Å². The number of amides is 2. The number of carbonyl (C=O) groups is 2. The lowest BCUT2D eigenvalue weighted by Gasteiger charge is -2.65. The van der Waals surface area contributed by atoms with Crippen LogP contribution in [0.5, 0.6) is 5.75 Å². The molecule has 2 aliphatic carbocycles. The third-order valence-electron chi connectivity index (χ3n) is 10.6. The highest BCUT2D eigenvalue weighted by atomic mass is 35.5. The first-order chi connectivity index (χ1) is 23.1. The molecule has 0 spiro atoms. The van der Waals surface area contributed by atoms with E-state index in [0.717, 1.165) is 38.8 Å². The average Bonchev–Trinajstić information content (AvgIpc) is 3.35. The number of benzene rings is 1. The molecule has 1 saturated heterocycles. The van der Waals surface area contributed by atoms with E-state index in [2.05, 4.69) is 54.3 Å². The summed E-state index contributed by atoms with van der Waals surface area (Å²) in [6, 6.07) is 5.54. The molecule has 6 rings (SSSR count). The maximum Gasteiger partial charge on any atom is 0.410 e. The summed E-state index contributed by atoms with van der Waals surface area (Å²) in [5, 5.41) is 0.361. The summed E-state index contributed by atoms with van der Waals surface area (Å²) in [6.45, 7) is 25.0. The standard InChI is InChI=1S/C38H47ClN6O4/c1-36(2,3)49-35(47)44-19-17-43(18-20-44)26-13-10-24(11-14-26)9-12-25-22-41-31-30(42-25)23-45(32(31)46)33-37(4,5)34(38(33,6)7)48-27-15-16-29(40-8)28(39)21-27/h15-16,21-22,24,26,33-34H,10-11,13-14,17-20,23H2,1-7H3. The summed E-state index contributed by atoms with van der Waals surface area (Å²) in [6.07, 6.45) is 5.45. The Morgan fingerprint density at radius 2 is 1.73 bits per heavy atom. The van der Waals surface area contributed by atoms with Gasteiger partial charge in [-0.1, -0.05) is 51.3 Å². The molecule has 1 aromatic carbocycles. The van der Waals surface area contributed by atoms with Crippen molar-refractivity contribution in [3.05, 3.63) is 57.9 Å². The summed E-state index contributed by atoms with van der Waals surface area (Å²) in [5.74, 6) is 7.51. The summed E-state index contributed by atoms with van der Waals surface area (Å²) in [4.78, 5) is 45.1. The number of carbonyl (C=O) groups excluding carboxylic acids is 2. The maximum absolute atomic E-state index is 13.6. The Kier molecular flexibility index (Phi) is 9.36. The summed E-state index contributed by atoms with van der Waals surface area (Å²) >= 11 is 6.27. The molecule has 2 aliphatic heterocycles. The van der Waals surface area contributed by atoms with Crippen molar-refractivity contribution in [1.82, 2.24) is 24.7 Å². The molecule has 2 amide bonds. The molecule has 2 aromatic rings. The Labute approximate surface area is 295 Å². The second-order valence-corrected chi connectivity index (χ2v) is 16.4. The van der Waals surface area contributed by atoms with Gasteiger partial charge in [0.15, 0.2) is 5.69 Å². The molecular weight excluding hydrogens is 640 g/mol. The van der Waals surface area contributed by atoms with Crippen molar-refractivity contribution in [3.8, 4) is 17.6 Å². The van der Waals surface area contributed by atoms with Crippen LogP contribution in [0.2, 0.25) is 5.02 Å². The first kappa shape index (κ1) is 35.0. The third kappa shape index (κ3) is 6.96. The quantitative estimate of drug-likeness (QED) is 0.253. The van der Waals surface area contributed by atoms with Gasteiger partial charge in [0.2, 0.25) is 5.69 Å². The molecule has 1 aromatic heterocycles. The van der Waals surface area contributed by atoms with Gasteiger partial charge >= 0.3 is 6.09 Å². The van der Waals surface area contributed by atoms with Crippen molar-refractivity contribution in [2.75, 3.05) is 26.2 Å². The first-order valence-corrected chi connectivity index (χ1v) is 17.7. The van der Waals surface area contributed by atoms with E-state index < -0.39 is 5.60 Å². The Hall–Kier alpha value is -3.86. The lowest BCUT2D eigenvalue weighted by molar-refractivity contribution is -0.199. The second-order valence-electron chi connectivity index (χ2n) is 16.0. The zero-order valence-electron chi connectivity index (χ0n) is 29.7. The van der Waals surface area contributed by atoms with Gasteiger partial charge in [-0.3, -0.25) is 9.69 Å². The van der Waals surface area contributed by atoms with Crippen molar-refractivity contribution in [2.24, 2.45) is 16.7 Å². The van der Waals surface area contributed by atoms with Crippen molar-refractivity contribution < 1.29 is 19.1 Å². The Balaban J connectivity index is 1.03. The van der Waals surface area contributed by atoms with E-state index >= 15 is 0 Å². The number of aromatic nitrogens is 2. The Morgan fingerprint density at radius 1 is 1.06 bits per heavy atom. The van der Waals surface area contributed by atoms with E-state index in [9.17, 15) is 9.59 Å². The van der Waals surface area contributed by atoms with Crippen LogP contribution in [-0.2, 0) is 11.3 Å². The van der Waals surface area contributed by atoms with Crippen molar-refractivity contribution in [1.29, 1.82) is 0 Å². The number of nitrogens with zero attached hydrogens (tertiary/aromatic N) is 6. The van der Waals surface area contributed by atoms with Gasteiger partial charge in [0.25, 0.3) is 5.91 Å². The normalized spacial score (nSPS) is 26.1. The van der Waals surface area contributed by atoms with Gasteiger partial charge in [-0.05, 0) is 64.5 Å². The van der Waals surface area contributed by atoms with Crippen molar-refractivity contribution in [3.63, 3.8) is 0 Å². The van der Waals surface area contributed by atoms with E-state index in [1.165, 1.54) is 0 Å². The fraction of sp³-hybridized carbons (Fsp3) is 0.605. The highest BCUT2D eigenvalue weighted by Crippen LogP contribution is 2.59. The molecule has 0 bridgehead atoms. The molecule has 0 N–H and O–H groups in total. The minimum absolute atomic E-state index is 0.100. The minimum atomic E-state index is -0.479. The van der Waals surface area contributed by atoms with Crippen LogP contribution in [0, 0.1) is 35.2 Å². The lowest BCUT2D eigenvalue weighted by Crippen LogP contribution is -2.74. The summed E-state index contributed by atoms with van der Waals surface area (Å²) in [7, 11) is 0. The predicted octanol–water partition coefficient (Wildman–Crippen LogP) is 6.98. The van der Waals surface area contributed by atoms with Crippen LogP contribution in [-0.4, -0.2) is 86.6 Å². The Bertz CT molecular complexity index is 1700. The largest absolute Gasteiger partial charge is 0.489 e. The van der Waals surface area contributed by atoms with Gasteiger partial charge in [-0.15, -0.1) is 0 Å². The zero-order chi connectivity index (χ0) is 35.3. The molecule has 4 aliphatic rings. The first-order valence-electron chi connectivity index (χ1n) is 17.3. The van der Waals surface area contributed by atoms with E-state index in [0.29, 0.717) is 65.1 Å². The van der Waals surface area contributed by atoms with Gasteiger partial charge < -0.3 is 19.3 Å². The van der Waals surface area contributed by atoms with Gasteiger partial charge in [0.1, 0.15) is 23.1 Å². The van der Waals surface area contributed by atoms with E-state index in [-0.39, 0.29) is 35.0 Å². The molecule has 3 fully saturated rings. The fourth-order valence-electron chi connectivity index (χ4n) is 8.71. The molecule has 260 valence electrons. The number of hydrogen-bond donors (Lipinski definition) is 0. The number of hydrogen-bond acceptors (Lipinski definition) is 7. The van der Waals surface area contributed by atoms with Crippen LogP contribution < -0.4 is 4.74 Å². The molecule has 0 radical (unpaired) electrons. The van der Waals surface area contributed by atoms with Crippen LogP contribution in [0.25, 0.3) is 4.85 Å². The molecule has 0 unspecified atom stereocenters. The topological polar surface area (TPSA) is 92.5 Å². The van der Waals surface area contributed by atoms with E-state index in [1.807, 2.05) is 30.6 Å². The maximum atomic E-state index is 13.6. The van der Waals surface area contributed by atoms with E-state index in [4.69, 9.17) is 32.6 Å². The van der Waals surface area contributed by atoms with Crippen molar-refractivity contribution >= 4 is 29.3 Å². The predicted molar refractivity (Wildman–Crippen MR) is 187 cm³/mol. The third-order valence-corrected chi connectivity index (χ3v) is 10.9. The van der Waals surface area contributed by atoms with Crippen LogP contribution in [0.4, 0.5) is 10.5 Å². The fourth-order valence-corrected chi connectivity index (χ4v) is 8.93. The van der Waals surface area contributed by atoms with E-state index in [1.54, 1.807) is 24.4 Å². The number of ether oxygens (including phenoxy) is 2. The smallest absolute Gasteiger partial charge is 0.410 e. The number of fused-ring (bicyclic) bond motifs is 1. The molecule has 0 atom stereocenters. The van der Waals surface area contributed by atoms with Crippen LogP contribution in [0.1, 0.15) is 96.0 Å². The lowest BCUT2D eigenvalue weighted by atomic mass is 9.49. The highest BCUT2D eigenvalue weighted by Gasteiger charge is 2.67. The monoisotopic (exact) mass is 686 g/mol. The molecule has 2 saturated carbocycles. The second kappa shape index (κ2) is 13.1. The van der Waals surface area contributed by atoms with Gasteiger partial charge in [0.05, 0.1) is 30.0 Å². The van der Waals surface area contributed by atoms with Crippen molar-refractivity contribution in [2.45, 2.75) is 104 Å². The molecule has 49 heavy (non-hydrogen) atoms. The summed E-state index contributed by atoms with van der Waals surface area (Å²) in [5.41, 5.74) is 0.853. The van der Waals surface area contributed by atoms with Crippen LogP contribution >= 0.6 is 11.6 Å². The summed E-state index contributed by atoms with van der Waals surface area (Å²) < 4.78 is 12.0. The van der Waals surface area contributed by atoms with Gasteiger partial charge in [-0.2, -0.15) is 0 Å².